The van der Waals surface area contributed by atoms with E-state index in [1.165, 1.54) is 0 Å². The zero-order chi connectivity index (χ0) is 10.8. The van der Waals surface area contributed by atoms with Gasteiger partial charge in [-0.1, -0.05) is 0 Å². The number of carbonyl (C=O) groups excluding carboxylic acids is 1. The Balaban J connectivity index is 1.81. The number of aryl methyl sites for hydroxylation is 1. The molecule has 4 nitrogen and oxygen atoms in total. The monoisotopic (exact) mass is 271 g/mol. The van der Waals surface area contributed by atoms with Crippen LogP contribution in [0.15, 0.2) is 10.7 Å². The summed E-state index contributed by atoms with van der Waals surface area (Å²) in [6.45, 7) is 2.63. The van der Waals surface area contributed by atoms with Gasteiger partial charge in [-0.15, -0.1) is 0 Å². The van der Waals surface area contributed by atoms with E-state index in [0.29, 0.717) is 19.0 Å². The Bertz CT molecular complexity index is 371. The Kier molecular flexibility index (Phi) is 3.09. The fourth-order valence-corrected chi connectivity index (χ4v) is 1.68. The van der Waals surface area contributed by atoms with Crippen molar-refractivity contribution in [3.63, 3.8) is 0 Å². The molecule has 1 heterocycles. The van der Waals surface area contributed by atoms with Crippen LogP contribution in [0.1, 0.15) is 25.0 Å². The van der Waals surface area contributed by atoms with Crippen molar-refractivity contribution in [2.75, 3.05) is 0 Å². The molecule has 1 aliphatic carbocycles. The molecule has 82 valence electrons. The number of nitrogens with one attached hydrogen (secondary N) is 1. The summed E-state index contributed by atoms with van der Waals surface area (Å²) in [5.74, 6) is 0.128. The highest BCUT2D eigenvalue weighted by Gasteiger charge is 2.22. The Hall–Kier alpha value is -0.840. The molecular weight excluding hydrogens is 258 g/mol. The van der Waals surface area contributed by atoms with Gasteiger partial charge in [0.1, 0.15) is 0 Å². The molecule has 1 N–H and O–H groups in total. The first-order valence-electron chi connectivity index (χ1n) is 5.14. The maximum Gasteiger partial charge on any atom is 0.222 e. The van der Waals surface area contributed by atoms with E-state index in [1.807, 2.05) is 11.6 Å². The first kappa shape index (κ1) is 10.7. The van der Waals surface area contributed by atoms with Gasteiger partial charge in [0.25, 0.3) is 0 Å². The molecule has 0 aliphatic heterocycles. The fraction of sp³-hybridized carbons (Fsp3) is 0.600. The summed E-state index contributed by atoms with van der Waals surface area (Å²) >= 11 is 3.39. The number of halogens is 1. The summed E-state index contributed by atoms with van der Waals surface area (Å²) < 4.78 is 2.83. The molecule has 2 rings (SSSR count). The van der Waals surface area contributed by atoms with Gasteiger partial charge in [-0.2, -0.15) is 5.10 Å². The van der Waals surface area contributed by atoms with Crippen molar-refractivity contribution in [1.29, 1.82) is 0 Å². The summed E-state index contributed by atoms with van der Waals surface area (Å²) in [4.78, 5) is 11.4. The van der Waals surface area contributed by atoms with Crippen molar-refractivity contribution in [1.82, 2.24) is 15.1 Å². The van der Waals surface area contributed by atoms with Crippen LogP contribution in [0.2, 0.25) is 0 Å². The van der Waals surface area contributed by atoms with Gasteiger partial charge in [-0.25, -0.2) is 0 Å². The summed E-state index contributed by atoms with van der Waals surface area (Å²) in [5.41, 5.74) is 1.06. The van der Waals surface area contributed by atoms with Crippen molar-refractivity contribution in [2.45, 2.75) is 38.8 Å². The highest BCUT2D eigenvalue weighted by atomic mass is 79.9. The van der Waals surface area contributed by atoms with Crippen molar-refractivity contribution >= 4 is 21.8 Å². The fourth-order valence-electron chi connectivity index (χ4n) is 1.38. The van der Waals surface area contributed by atoms with Crippen LogP contribution in [-0.2, 0) is 11.3 Å². The maximum absolute atomic E-state index is 11.4. The lowest BCUT2D eigenvalue weighted by atomic mass is 10.4. The third-order valence-corrected chi connectivity index (χ3v) is 3.31. The van der Waals surface area contributed by atoms with Crippen molar-refractivity contribution < 1.29 is 4.79 Å². The summed E-state index contributed by atoms with van der Waals surface area (Å²) in [6.07, 6.45) is 4.54. The average molecular weight is 272 g/mol. The number of amides is 1. The molecule has 0 radical (unpaired) electrons. The standard InChI is InChI=1S/C10H14BrN3O/c1-7-9(11)6-12-14(7)5-4-10(15)13-8-2-3-8/h6,8H,2-5H2,1H3,(H,13,15). The molecular formula is C10H14BrN3O. The highest BCUT2D eigenvalue weighted by molar-refractivity contribution is 9.10. The normalized spacial score (nSPS) is 15.3. The van der Waals surface area contributed by atoms with E-state index in [4.69, 9.17) is 0 Å². The van der Waals surface area contributed by atoms with Crippen LogP contribution in [0, 0.1) is 6.92 Å². The molecule has 0 saturated heterocycles. The van der Waals surface area contributed by atoms with Crippen LogP contribution >= 0.6 is 15.9 Å². The maximum atomic E-state index is 11.4. The Labute approximate surface area is 97.2 Å². The second-order valence-electron chi connectivity index (χ2n) is 3.89. The van der Waals surface area contributed by atoms with Crippen molar-refractivity contribution in [2.24, 2.45) is 0 Å². The van der Waals surface area contributed by atoms with Gasteiger partial charge in [0.2, 0.25) is 5.91 Å². The number of aromatic nitrogens is 2. The number of carbonyl (C=O) groups is 1. The molecule has 5 heteroatoms. The summed E-state index contributed by atoms with van der Waals surface area (Å²) in [6, 6.07) is 0.447. The summed E-state index contributed by atoms with van der Waals surface area (Å²) in [5, 5.41) is 7.13. The van der Waals surface area contributed by atoms with E-state index in [-0.39, 0.29) is 5.91 Å². The average Bonchev–Trinajstić information content (AvgIpc) is 2.95. The molecule has 1 fully saturated rings. The van der Waals surface area contributed by atoms with Crippen LogP contribution in [0.4, 0.5) is 0 Å². The molecule has 0 atom stereocenters. The third-order valence-electron chi connectivity index (χ3n) is 2.54. The van der Waals surface area contributed by atoms with Crippen LogP contribution in [0.3, 0.4) is 0 Å². The first-order valence-corrected chi connectivity index (χ1v) is 5.93. The van der Waals surface area contributed by atoms with Crippen LogP contribution in [0.25, 0.3) is 0 Å². The number of hydrogen-bond donors (Lipinski definition) is 1. The molecule has 1 aliphatic rings. The molecule has 0 unspecified atom stereocenters. The molecule has 1 saturated carbocycles. The van der Waals surface area contributed by atoms with E-state index in [1.54, 1.807) is 6.20 Å². The molecule has 1 amide bonds. The van der Waals surface area contributed by atoms with Crippen molar-refractivity contribution in [3.8, 4) is 0 Å². The molecule has 0 aromatic carbocycles. The lowest BCUT2D eigenvalue weighted by Gasteiger charge is -2.05. The Morgan fingerprint density at radius 2 is 2.47 bits per heavy atom. The smallest absolute Gasteiger partial charge is 0.222 e. The predicted octanol–water partition coefficient (Wildman–Crippen LogP) is 1.62. The van der Waals surface area contributed by atoms with Gasteiger partial charge in [-0.3, -0.25) is 9.48 Å². The van der Waals surface area contributed by atoms with E-state index < -0.39 is 0 Å². The Morgan fingerprint density at radius 1 is 1.73 bits per heavy atom. The van der Waals surface area contributed by atoms with Crippen LogP contribution < -0.4 is 5.32 Å². The third kappa shape index (κ3) is 2.81. The van der Waals surface area contributed by atoms with E-state index >= 15 is 0 Å². The zero-order valence-corrected chi connectivity index (χ0v) is 10.2. The molecule has 1 aromatic heterocycles. The van der Waals surface area contributed by atoms with E-state index in [2.05, 4.69) is 26.3 Å². The van der Waals surface area contributed by atoms with Crippen LogP contribution in [-0.4, -0.2) is 21.7 Å². The molecule has 1 aromatic rings. The minimum absolute atomic E-state index is 0.128. The molecule has 15 heavy (non-hydrogen) atoms. The van der Waals surface area contributed by atoms with Gasteiger partial charge in [0, 0.05) is 24.7 Å². The van der Waals surface area contributed by atoms with Crippen LogP contribution in [0.5, 0.6) is 0 Å². The minimum Gasteiger partial charge on any atom is -0.353 e. The number of rotatable bonds is 4. The Morgan fingerprint density at radius 3 is 3.00 bits per heavy atom. The quantitative estimate of drug-likeness (QED) is 0.905. The largest absolute Gasteiger partial charge is 0.353 e. The van der Waals surface area contributed by atoms with Gasteiger partial charge >= 0.3 is 0 Å². The van der Waals surface area contributed by atoms with Gasteiger partial charge in [0.05, 0.1) is 10.7 Å². The van der Waals surface area contributed by atoms with E-state index in [0.717, 1.165) is 23.0 Å². The second kappa shape index (κ2) is 4.35. The zero-order valence-electron chi connectivity index (χ0n) is 8.66. The van der Waals surface area contributed by atoms with Crippen molar-refractivity contribution in [3.05, 3.63) is 16.4 Å². The van der Waals surface area contributed by atoms with Gasteiger partial charge in [-0.05, 0) is 35.7 Å². The number of nitrogens with zero attached hydrogens (tertiary/aromatic N) is 2. The number of hydrogen-bond acceptors (Lipinski definition) is 2. The SMILES string of the molecule is Cc1c(Br)cnn1CCC(=O)NC1CC1. The first-order chi connectivity index (χ1) is 7.16. The van der Waals surface area contributed by atoms with E-state index in [9.17, 15) is 4.79 Å². The minimum atomic E-state index is 0.128. The topological polar surface area (TPSA) is 46.9 Å². The molecule has 0 bridgehead atoms. The predicted molar refractivity (Wildman–Crippen MR) is 60.4 cm³/mol. The summed E-state index contributed by atoms with van der Waals surface area (Å²) in [7, 11) is 0. The lowest BCUT2D eigenvalue weighted by molar-refractivity contribution is -0.121. The van der Waals surface area contributed by atoms with Gasteiger partial charge < -0.3 is 5.32 Å². The second-order valence-corrected chi connectivity index (χ2v) is 4.75. The molecule has 0 spiro atoms. The lowest BCUT2D eigenvalue weighted by Crippen LogP contribution is -2.26. The highest BCUT2D eigenvalue weighted by Crippen LogP contribution is 2.19. The van der Waals surface area contributed by atoms with Gasteiger partial charge in [0.15, 0.2) is 0 Å².